The molecule has 2 aliphatic rings. The van der Waals surface area contributed by atoms with Gasteiger partial charge in [-0.3, -0.25) is 15.0 Å². The predicted octanol–water partition coefficient (Wildman–Crippen LogP) is 3.55. The van der Waals surface area contributed by atoms with Crippen LogP contribution in [-0.4, -0.2) is 48.2 Å². The molecule has 2 aromatic carbocycles. The fraction of sp³-hybridized carbons (Fsp3) is 0.318. The molecule has 31 heavy (non-hydrogen) atoms. The van der Waals surface area contributed by atoms with Crippen LogP contribution in [0.15, 0.2) is 42.5 Å². The van der Waals surface area contributed by atoms with Gasteiger partial charge in [0.2, 0.25) is 12.7 Å². The molecule has 0 bridgehead atoms. The summed E-state index contributed by atoms with van der Waals surface area (Å²) < 4.78 is 11.7. The molecular formula is C22H22N4O4S. The standard InChI is InChI=1S/C22H22N4O4S/c27-20(25-22(28)23-15-7-8-17-18(10-15)30-13-29-17)12-26-9-3-4-14(11-26)21-24-16-5-1-2-6-19(16)31-21/h1-2,5-8,10,14H,3-4,9,11-13H2,(H2,23,25,27,28)/t14-/m1/s1. The number of rotatable bonds is 4. The van der Waals surface area contributed by atoms with Crippen LogP contribution in [0.3, 0.4) is 0 Å². The van der Waals surface area contributed by atoms with Crippen LogP contribution < -0.4 is 20.1 Å². The molecule has 0 saturated carbocycles. The summed E-state index contributed by atoms with van der Waals surface area (Å²) in [5, 5.41) is 6.18. The van der Waals surface area contributed by atoms with E-state index in [9.17, 15) is 9.59 Å². The summed E-state index contributed by atoms with van der Waals surface area (Å²) in [4.78, 5) is 31.5. The van der Waals surface area contributed by atoms with Crippen LogP contribution in [0.5, 0.6) is 11.5 Å². The van der Waals surface area contributed by atoms with Gasteiger partial charge in [0.1, 0.15) is 0 Å². The number of imide groups is 1. The minimum atomic E-state index is -0.566. The van der Waals surface area contributed by atoms with Crippen molar-refractivity contribution in [2.24, 2.45) is 0 Å². The van der Waals surface area contributed by atoms with Gasteiger partial charge in [0.25, 0.3) is 0 Å². The first kappa shape index (κ1) is 19.8. The van der Waals surface area contributed by atoms with E-state index in [4.69, 9.17) is 14.5 Å². The molecule has 0 radical (unpaired) electrons. The second-order valence-electron chi connectivity index (χ2n) is 7.66. The number of fused-ring (bicyclic) bond motifs is 2. The summed E-state index contributed by atoms with van der Waals surface area (Å²) in [6, 6.07) is 12.7. The summed E-state index contributed by atoms with van der Waals surface area (Å²) in [7, 11) is 0. The maximum atomic E-state index is 12.4. The Morgan fingerprint density at radius 2 is 2.03 bits per heavy atom. The van der Waals surface area contributed by atoms with Crippen LogP contribution in [-0.2, 0) is 4.79 Å². The number of para-hydroxylation sites is 1. The second kappa shape index (κ2) is 8.52. The minimum Gasteiger partial charge on any atom is -0.454 e. The number of likely N-dealkylation sites (tertiary alicyclic amines) is 1. The van der Waals surface area contributed by atoms with E-state index >= 15 is 0 Å². The highest BCUT2D eigenvalue weighted by Gasteiger charge is 2.25. The Labute approximate surface area is 183 Å². The molecule has 9 heteroatoms. The Kier molecular flexibility index (Phi) is 5.44. The number of carbonyl (C=O) groups excluding carboxylic acids is 2. The lowest BCUT2D eigenvalue weighted by atomic mass is 9.99. The van der Waals surface area contributed by atoms with Crippen molar-refractivity contribution >= 4 is 39.2 Å². The van der Waals surface area contributed by atoms with Crippen molar-refractivity contribution in [3.05, 3.63) is 47.5 Å². The van der Waals surface area contributed by atoms with E-state index in [1.54, 1.807) is 29.5 Å². The van der Waals surface area contributed by atoms with Gasteiger partial charge in [-0.05, 0) is 43.7 Å². The van der Waals surface area contributed by atoms with Gasteiger partial charge < -0.3 is 14.8 Å². The third-order valence-corrected chi connectivity index (χ3v) is 6.61. The number of amides is 3. The van der Waals surface area contributed by atoms with Gasteiger partial charge in [-0.15, -0.1) is 11.3 Å². The summed E-state index contributed by atoms with van der Waals surface area (Å²) in [5.74, 6) is 1.18. The molecule has 0 aliphatic carbocycles. The van der Waals surface area contributed by atoms with Gasteiger partial charge in [-0.25, -0.2) is 9.78 Å². The molecule has 2 N–H and O–H groups in total. The molecule has 160 valence electrons. The fourth-order valence-electron chi connectivity index (χ4n) is 3.97. The zero-order valence-corrected chi connectivity index (χ0v) is 17.6. The number of nitrogens with one attached hydrogen (secondary N) is 2. The van der Waals surface area contributed by atoms with Crippen molar-refractivity contribution in [3.8, 4) is 11.5 Å². The number of carbonyl (C=O) groups is 2. The van der Waals surface area contributed by atoms with Gasteiger partial charge in [0.15, 0.2) is 11.5 Å². The number of thiazole rings is 1. The monoisotopic (exact) mass is 438 g/mol. The molecule has 5 rings (SSSR count). The van der Waals surface area contributed by atoms with Gasteiger partial charge in [-0.1, -0.05) is 12.1 Å². The largest absolute Gasteiger partial charge is 0.454 e. The first-order valence-corrected chi connectivity index (χ1v) is 11.0. The minimum absolute atomic E-state index is 0.164. The quantitative estimate of drug-likeness (QED) is 0.647. The van der Waals surface area contributed by atoms with E-state index in [-0.39, 0.29) is 19.2 Å². The topological polar surface area (TPSA) is 92.8 Å². The maximum Gasteiger partial charge on any atom is 0.325 e. The van der Waals surface area contributed by atoms with Gasteiger partial charge in [0, 0.05) is 24.2 Å². The summed E-state index contributed by atoms with van der Waals surface area (Å²) in [6.07, 6.45) is 2.06. The van der Waals surface area contributed by atoms with Crippen LogP contribution in [0.1, 0.15) is 23.8 Å². The van der Waals surface area contributed by atoms with Crippen molar-refractivity contribution < 1.29 is 19.1 Å². The van der Waals surface area contributed by atoms with E-state index in [1.807, 2.05) is 18.2 Å². The average Bonchev–Trinajstić information content (AvgIpc) is 3.40. The average molecular weight is 439 g/mol. The van der Waals surface area contributed by atoms with E-state index < -0.39 is 6.03 Å². The molecule has 2 aliphatic heterocycles. The Hall–Kier alpha value is -3.17. The van der Waals surface area contributed by atoms with Crippen LogP contribution in [0.25, 0.3) is 10.2 Å². The number of piperidine rings is 1. The van der Waals surface area contributed by atoms with Crippen LogP contribution >= 0.6 is 11.3 Å². The normalized spacial score (nSPS) is 18.1. The van der Waals surface area contributed by atoms with Gasteiger partial charge in [-0.2, -0.15) is 0 Å². The number of urea groups is 1. The Balaban J connectivity index is 1.15. The molecular weight excluding hydrogens is 416 g/mol. The molecule has 1 saturated heterocycles. The number of benzene rings is 2. The number of anilines is 1. The summed E-state index contributed by atoms with van der Waals surface area (Å²) in [5.41, 5.74) is 1.56. The Morgan fingerprint density at radius 1 is 1.16 bits per heavy atom. The lowest BCUT2D eigenvalue weighted by Crippen LogP contribution is -2.44. The van der Waals surface area contributed by atoms with Crippen LogP contribution in [0.2, 0.25) is 0 Å². The number of hydrogen-bond donors (Lipinski definition) is 2. The van der Waals surface area contributed by atoms with Crippen molar-refractivity contribution in [1.29, 1.82) is 0 Å². The molecule has 0 unspecified atom stereocenters. The SMILES string of the molecule is O=C(CN1CCC[C@@H](c2nc3ccccc3s2)C1)NC(=O)Nc1ccc2c(c1)OCO2. The highest BCUT2D eigenvalue weighted by molar-refractivity contribution is 7.18. The van der Waals surface area contributed by atoms with E-state index in [2.05, 4.69) is 21.6 Å². The second-order valence-corrected chi connectivity index (χ2v) is 8.73. The lowest BCUT2D eigenvalue weighted by Gasteiger charge is -2.31. The van der Waals surface area contributed by atoms with Gasteiger partial charge in [0.05, 0.1) is 21.8 Å². The molecule has 8 nitrogen and oxygen atoms in total. The maximum absolute atomic E-state index is 12.4. The van der Waals surface area contributed by atoms with Crippen LogP contribution in [0, 0.1) is 0 Å². The number of ether oxygens (including phenoxy) is 2. The molecule has 1 fully saturated rings. The molecule has 1 aromatic heterocycles. The smallest absolute Gasteiger partial charge is 0.325 e. The zero-order valence-electron chi connectivity index (χ0n) is 16.8. The van der Waals surface area contributed by atoms with Crippen molar-refractivity contribution in [2.75, 3.05) is 31.7 Å². The fourth-order valence-corrected chi connectivity index (χ4v) is 5.06. The first-order valence-electron chi connectivity index (χ1n) is 10.2. The highest BCUT2D eigenvalue weighted by Crippen LogP contribution is 2.34. The zero-order chi connectivity index (χ0) is 21.2. The van der Waals surface area contributed by atoms with Crippen molar-refractivity contribution in [2.45, 2.75) is 18.8 Å². The van der Waals surface area contributed by atoms with Crippen molar-refractivity contribution in [1.82, 2.24) is 15.2 Å². The molecule has 3 amide bonds. The molecule has 3 aromatic rings. The predicted molar refractivity (Wildman–Crippen MR) is 118 cm³/mol. The summed E-state index contributed by atoms with van der Waals surface area (Å²) in [6.45, 7) is 1.93. The van der Waals surface area contributed by atoms with Gasteiger partial charge >= 0.3 is 6.03 Å². The molecule has 1 atom stereocenters. The lowest BCUT2D eigenvalue weighted by molar-refractivity contribution is -0.121. The first-order chi connectivity index (χ1) is 15.1. The van der Waals surface area contributed by atoms with Crippen LogP contribution in [0.4, 0.5) is 10.5 Å². The van der Waals surface area contributed by atoms with E-state index in [0.29, 0.717) is 23.1 Å². The van der Waals surface area contributed by atoms with E-state index in [0.717, 1.165) is 36.5 Å². The third-order valence-electron chi connectivity index (χ3n) is 5.42. The van der Waals surface area contributed by atoms with Crippen molar-refractivity contribution in [3.63, 3.8) is 0 Å². The summed E-state index contributed by atoms with van der Waals surface area (Å²) >= 11 is 1.72. The number of hydrogen-bond acceptors (Lipinski definition) is 7. The Morgan fingerprint density at radius 3 is 2.94 bits per heavy atom. The highest BCUT2D eigenvalue weighted by atomic mass is 32.1. The van der Waals surface area contributed by atoms with E-state index in [1.165, 1.54) is 4.70 Å². The number of aromatic nitrogens is 1. The molecule has 0 spiro atoms. The Bertz CT molecular complexity index is 1100. The number of nitrogens with zero attached hydrogens (tertiary/aromatic N) is 2. The molecule has 3 heterocycles. The third kappa shape index (κ3) is 4.47.